The van der Waals surface area contributed by atoms with E-state index in [4.69, 9.17) is 14.3 Å². The lowest BCUT2D eigenvalue weighted by molar-refractivity contribution is -0.137. The number of alkyl carbamates (subject to hydrolysis) is 1. The fourth-order valence-electron chi connectivity index (χ4n) is 4.23. The number of furan rings is 1. The molecule has 1 atom stereocenters. The lowest BCUT2D eigenvalue weighted by Gasteiger charge is -2.14. The van der Waals surface area contributed by atoms with Crippen LogP contribution in [0.2, 0.25) is 0 Å². The van der Waals surface area contributed by atoms with E-state index in [1.807, 2.05) is 31.2 Å². The van der Waals surface area contributed by atoms with Gasteiger partial charge in [0.05, 0.1) is 6.54 Å². The van der Waals surface area contributed by atoms with Crippen LogP contribution >= 0.6 is 0 Å². The summed E-state index contributed by atoms with van der Waals surface area (Å²) < 4.78 is 11.0. The zero-order valence-electron chi connectivity index (χ0n) is 19.5. The fraction of sp³-hybridized carbons (Fsp3) is 0.296. The van der Waals surface area contributed by atoms with Crippen molar-refractivity contribution < 1.29 is 28.6 Å². The molecule has 0 bridgehead atoms. The highest BCUT2D eigenvalue weighted by Gasteiger charge is 2.29. The number of carboxylic acids is 1. The second kappa shape index (κ2) is 10.9. The molecule has 0 saturated heterocycles. The van der Waals surface area contributed by atoms with Crippen molar-refractivity contribution in [2.24, 2.45) is 5.92 Å². The van der Waals surface area contributed by atoms with Crippen LogP contribution in [0.5, 0.6) is 0 Å². The monoisotopic (exact) mass is 476 g/mol. The number of hydrogen-bond acceptors (Lipinski definition) is 5. The van der Waals surface area contributed by atoms with Gasteiger partial charge in [-0.2, -0.15) is 0 Å². The van der Waals surface area contributed by atoms with Crippen LogP contribution < -0.4 is 10.6 Å². The lowest BCUT2D eigenvalue weighted by atomic mass is 9.98. The van der Waals surface area contributed by atoms with Crippen LogP contribution in [0, 0.1) is 5.92 Å². The average Bonchev–Trinajstić information content (AvgIpc) is 3.46. The number of benzene rings is 2. The molecule has 1 aliphatic rings. The molecule has 4 rings (SSSR count). The number of hydrogen-bond donors (Lipinski definition) is 3. The Bertz CT molecular complexity index is 1170. The molecular weight excluding hydrogens is 448 g/mol. The van der Waals surface area contributed by atoms with Crippen molar-refractivity contribution in [3.63, 3.8) is 0 Å². The summed E-state index contributed by atoms with van der Waals surface area (Å²) in [4.78, 5) is 35.2. The Morgan fingerprint density at radius 1 is 0.971 bits per heavy atom. The summed E-state index contributed by atoms with van der Waals surface area (Å²) in [5, 5.41) is 14.1. The van der Waals surface area contributed by atoms with Crippen LogP contribution in [0.4, 0.5) is 4.79 Å². The van der Waals surface area contributed by atoms with Crippen LogP contribution in [-0.4, -0.2) is 36.2 Å². The number of carboxylic acid groups (broad SMARTS) is 1. The molecule has 2 aromatic carbocycles. The smallest absolute Gasteiger partial charge is 0.407 e. The predicted octanol–water partition coefficient (Wildman–Crippen LogP) is 4.55. The van der Waals surface area contributed by atoms with Gasteiger partial charge in [0, 0.05) is 18.9 Å². The highest BCUT2D eigenvalue weighted by Crippen LogP contribution is 2.44. The van der Waals surface area contributed by atoms with E-state index in [0.29, 0.717) is 18.7 Å². The zero-order chi connectivity index (χ0) is 24.8. The molecular formula is C27H28N2O6. The molecule has 182 valence electrons. The number of ether oxygens (including phenoxy) is 1. The Kier molecular flexibility index (Phi) is 7.50. The molecule has 1 aromatic heterocycles. The number of carbonyl (C=O) groups excluding carboxylic acids is 2. The summed E-state index contributed by atoms with van der Waals surface area (Å²) in [6, 6.07) is 19.4. The molecule has 8 nitrogen and oxygen atoms in total. The molecule has 35 heavy (non-hydrogen) atoms. The molecule has 0 spiro atoms. The number of amides is 2. The first-order chi connectivity index (χ1) is 16.9. The zero-order valence-corrected chi connectivity index (χ0v) is 19.5. The Labute approximate surface area is 203 Å². The first kappa shape index (κ1) is 24.1. The maximum atomic E-state index is 12.3. The minimum Gasteiger partial charge on any atom is -0.481 e. The lowest BCUT2D eigenvalue weighted by Crippen LogP contribution is -2.28. The Balaban J connectivity index is 1.24. The van der Waals surface area contributed by atoms with E-state index in [1.165, 1.54) is 6.07 Å². The summed E-state index contributed by atoms with van der Waals surface area (Å²) in [5.74, 6) is -0.700. The van der Waals surface area contributed by atoms with Gasteiger partial charge < -0.3 is 24.9 Å². The van der Waals surface area contributed by atoms with E-state index < -0.39 is 12.1 Å². The molecule has 2 amide bonds. The van der Waals surface area contributed by atoms with E-state index in [2.05, 4.69) is 34.9 Å². The van der Waals surface area contributed by atoms with Crippen LogP contribution in [0.3, 0.4) is 0 Å². The third-order valence-electron chi connectivity index (χ3n) is 6.10. The van der Waals surface area contributed by atoms with Crippen molar-refractivity contribution in [2.45, 2.75) is 32.2 Å². The summed E-state index contributed by atoms with van der Waals surface area (Å²) in [6.45, 7) is 2.51. The third kappa shape index (κ3) is 5.90. The van der Waals surface area contributed by atoms with Crippen LogP contribution in [-0.2, 0) is 16.1 Å². The van der Waals surface area contributed by atoms with E-state index in [-0.39, 0.29) is 43.1 Å². The fourth-order valence-corrected chi connectivity index (χ4v) is 4.23. The van der Waals surface area contributed by atoms with Gasteiger partial charge in [-0.1, -0.05) is 55.5 Å². The van der Waals surface area contributed by atoms with Crippen molar-refractivity contribution in [3.8, 4) is 11.1 Å². The quantitative estimate of drug-likeness (QED) is 0.395. The maximum Gasteiger partial charge on any atom is 0.407 e. The number of nitrogens with one attached hydrogen (secondary N) is 2. The average molecular weight is 477 g/mol. The molecule has 1 aliphatic carbocycles. The molecule has 1 unspecified atom stereocenters. The summed E-state index contributed by atoms with van der Waals surface area (Å²) in [6.07, 6.45) is -0.0338. The van der Waals surface area contributed by atoms with Gasteiger partial charge in [-0.3, -0.25) is 9.59 Å². The van der Waals surface area contributed by atoms with Gasteiger partial charge in [0.1, 0.15) is 12.4 Å². The first-order valence-electron chi connectivity index (χ1n) is 11.6. The first-order valence-corrected chi connectivity index (χ1v) is 11.6. The predicted molar refractivity (Wildman–Crippen MR) is 129 cm³/mol. The minimum absolute atomic E-state index is 0.0232. The van der Waals surface area contributed by atoms with Crippen molar-refractivity contribution in [3.05, 3.63) is 83.3 Å². The Hall–Kier alpha value is -4.07. The molecule has 0 aliphatic heterocycles. The highest BCUT2D eigenvalue weighted by atomic mass is 16.5. The van der Waals surface area contributed by atoms with E-state index >= 15 is 0 Å². The second-order valence-corrected chi connectivity index (χ2v) is 8.69. The Morgan fingerprint density at radius 3 is 2.29 bits per heavy atom. The molecule has 1 heterocycles. The SMILES string of the molecule is CC(CCC(=O)O)CNC(=O)c1ccc(CNC(=O)OCC2c3ccccc3-c3ccccc32)o1. The van der Waals surface area contributed by atoms with Gasteiger partial charge in [0.2, 0.25) is 0 Å². The second-order valence-electron chi connectivity index (χ2n) is 8.69. The van der Waals surface area contributed by atoms with Gasteiger partial charge in [-0.05, 0) is 46.7 Å². The molecule has 3 aromatic rings. The number of rotatable bonds is 10. The molecule has 0 radical (unpaired) electrons. The largest absolute Gasteiger partial charge is 0.481 e. The molecule has 3 N–H and O–H groups in total. The highest BCUT2D eigenvalue weighted by molar-refractivity contribution is 5.91. The van der Waals surface area contributed by atoms with E-state index in [0.717, 1.165) is 22.3 Å². The van der Waals surface area contributed by atoms with Crippen molar-refractivity contribution in [1.82, 2.24) is 10.6 Å². The van der Waals surface area contributed by atoms with Crippen LogP contribution in [0.1, 0.15) is 53.1 Å². The third-order valence-corrected chi connectivity index (χ3v) is 6.10. The summed E-state index contributed by atoms with van der Waals surface area (Å²) in [5.41, 5.74) is 4.60. The van der Waals surface area contributed by atoms with Gasteiger partial charge in [-0.15, -0.1) is 0 Å². The van der Waals surface area contributed by atoms with Crippen molar-refractivity contribution in [2.75, 3.05) is 13.2 Å². The summed E-state index contributed by atoms with van der Waals surface area (Å²) >= 11 is 0. The topological polar surface area (TPSA) is 118 Å². The normalized spacial score (nSPS) is 12.9. The standard InChI is InChI=1S/C27H28N2O6/c1-17(10-13-25(30)31)14-28-26(32)24-12-11-18(35-24)15-29-27(33)34-16-23-21-8-4-2-6-19(21)20-7-3-5-9-22(20)23/h2-9,11-12,17,23H,10,13-16H2,1H3,(H,28,32)(H,29,33)(H,30,31). The molecule has 0 saturated carbocycles. The summed E-state index contributed by atoms with van der Waals surface area (Å²) in [7, 11) is 0. The number of carbonyl (C=O) groups is 3. The van der Waals surface area contributed by atoms with Crippen molar-refractivity contribution in [1.29, 1.82) is 0 Å². The van der Waals surface area contributed by atoms with E-state index in [1.54, 1.807) is 6.07 Å². The van der Waals surface area contributed by atoms with Gasteiger partial charge in [0.25, 0.3) is 5.91 Å². The van der Waals surface area contributed by atoms with Gasteiger partial charge >= 0.3 is 12.1 Å². The molecule has 8 heteroatoms. The van der Waals surface area contributed by atoms with Crippen LogP contribution in [0.25, 0.3) is 11.1 Å². The molecule has 0 fully saturated rings. The van der Waals surface area contributed by atoms with Crippen LogP contribution in [0.15, 0.2) is 65.1 Å². The maximum absolute atomic E-state index is 12.3. The Morgan fingerprint density at radius 2 is 1.63 bits per heavy atom. The minimum atomic E-state index is -0.859. The van der Waals surface area contributed by atoms with Gasteiger partial charge in [-0.25, -0.2) is 4.79 Å². The number of aliphatic carboxylic acids is 1. The van der Waals surface area contributed by atoms with Crippen molar-refractivity contribution >= 4 is 18.0 Å². The van der Waals surface area contributed by atoms with Gasteiger partial charge in [0.15, 0.2) is 5.76 Å². The number of fused-ring (bicyclic) bond motifs is 3. The van der Waals surface area contributed by atoms with E-state index in [9.17, 15) is 14.4 Å².